The van der Waals surface area contributed by atoms with Crippen molar-refractivity contribution in [1.82, 2.24) is 0 Å². The lowest BCUT2D eigenvalue weighted by Gasteiger charge is -2.15. The van der Waals surface area contributed by atoms with Gasteiger partial charge in [-0.3, -0.25) is 0 Å². The largest absolute Gasteiger partial charge is 0.497 e. The third-order valence-corrected chi connectivity index (χ3v) is 2.60. The Bertz CT molecular complexity index is 318. The summed E-state index contributed by atoms with van der Waals surface area (Å²) in [7, 11) is 1.67. The number of benzene rings is 1. The van der Waals surface area contributed by atoms with Crippen LogP contribution >= 0.6 is 12.4 Å². The molecule has 0 amide bonds. The molecule has 4 N–H and O–H groups in total. The molecule has 0 saturated carbocycles. The van der Waals surface area contributed by atoms with Crippen LogP contribution in [0.5, 0.6) is 5.75 Å². The number of ether oxygens (including phenoxy) is 1. The topological polar surface area (TPSA) is 61.3 Å². The second kappa shape index (κ2) is 7.49. The van der Waals surface area contributed by atoms with E-state index in [1.807, 2.05) is 18.2 Å². The lowest BCUT2D eigenvalue weighted by atomic mass is 9.98. The van der Waals surface area contributed by atoms with Gasteiger partial charge in [0.1, 0.15) is 5.75 Å². The van der Waals surface area contributed by atoms with E-state index >= 15 is 0 Å². The molecule has 0 aliphatic carbocycles. The summed E-state index contributed by atoms with van der Waals surface area (Å²) in [5.41, 5.74) is 13.9. The van der Waals surface area contributed by atoms with E-state index in [1.165, 1.54) is 11.1 Å². The van der Waals surface area contributed by atoms with Crippen molar-refractivity contribution in [3.63, 3.8) is 0 Å². The van der Waals surface area contributed by atoms with E-state index in [0.717, 1.165) is 18.6 Å². The fraction of sp³-hybridized carbons (Fsp3) is 0.500. The fourth-order valence-corrected chi connectivity index (χ4v) is 1.68. The lowest BCUT2D eigenvalue weighted by molar-refractivity contribution is 0.414. The van der Waals surface area contributed by atoms with Gasteiger partial charge in [-0.15, -0.1) is 12.4 Å². The zero-order valence-electron chi connectivity index (χ0n) is 9.90. The van der Waals surface area contributed by atoms with Gasteiger partial charge in [-0.2, -0.15) is 0 Å². The van der Waals surface area contributed by atoms with Crippen LogP contribution in [0.2, 0.25) is 0 Å². The van der Waals surface area contributed by atoms with Crippen LogP contribution in [0.15, 0.2) is 18.2 Å². The molecule has 0 heterocycles. The molecular weight excluding hydrogens is 224 g/mol. The second-order valence-electron chi connectivity index (χ2n) is 3.76. The summed E-state index contributed by atoms with van der Waals surface area (Å²) in [5, 5.41) is 0. The van der Waals surface area contributed by atoms with Gasteiger partial charge in [-0.25, -0.2) is 0 Å². The molecule has 0 saturated heterocycles. The zero-order valence-corrected chi connectivity index (χ0v) is 10.7. The monoisotopic (exact) mass is 244 g/mol. The van der Waals surface area contributed by atoms with E-state index in [9.17, 15) is 0 Å². The van der Waals surface area contributed by atoms with Gasteiger partial charge < -0.3 is 16.2 Å². The van der Waals surface area contributed by atoms with Crippen molar-refractivity contribution in [3.05, 3.63) is 29.3 Å². The highest BCUT2D eigenvalue weighted by molar-refractivity contribution is 5.85. The Morgan fingerprint density at radius 1 is 1.38 bits per heavy atom. The van der Waals surface area contributed by atoms with Crippen molar-refractivity contribution < 1.29 is 4.74 Å². The summed E-state index contributed by atoms with van der Waals surface area (Å²) in [6.07, 6.45) is 1.90. The molecule has 0 radical (unpaired) electrons. The number of methoxy groups -OCH3 is 1. The van der Waals surface area contributed by atoms with Crippen LogP contribution in [-0.2, 0) is 0 Å². The smallest absolute Gasteiger partial charge is 0.119 e. The fourth-order valence-electron chi connectivity index (χ4n) is 1.68. The summed E-state index contributed by atoms with van der Waals surface area (Å²) < 4.78 is 5.15. The number of aryl methyl sites for hydroxylation is 1. The lowest BCUT2D eigenvalue weighted by Crippen LogP contribution is -2.13. The van der Waals surface area contributed by atoms with E-state index in [4.69, 9.17) is 16.2 Å². The molecule has 0 aromatic heterocycles. The standard InChI is InChI=1S/C12H20N2O.ClH/c1-9-8-10(15-2)5-6-11(9)12(14)4-3-7-13;/h5-6,8,12H,3-4,7,13-14H2,1-2H3;1H/t12-;/m1./s1. The maximum atomic E-state index is 6.08. The van der Waals surface area contributed by atoms with Crippen molar-refractivity contribution in [3.8, 4) is 5.75 Å². The molecule has 92 valence electrons. The average molecular weight is 245 g/mol. The van der Waals surface area contributed by atoms with E-state index < -0.39 is 0 Å². The van der Waals surface area contributed by atoms with Crippen molar-refractivity contribution in [1.29, 1.82) is 0 Å². The molecule has 0 fully saturated rings. The highest BCUT2D eigenvalue weighted by atomic mass is 35.5. The maximum Gasteiger partial charge on any atom is 0.119 e. The van der Waals surface area contributed by atoms with Crippen molar-refractivity contribution in [2.24, 2.45) is 11.5 Å². The van der Waals surface area contributed by atoms with Gasteiger partial charge in [0.15, 0.2) is 0 Å². The predicted molar refractivity (Wildman–Crippen MR) is 70.2 cm³/mol. The highest BCUT2D eigenvalue weighted by Crippen LogP contribution is 2.23. The Kier molecular flexibility index (Phi) is 7.13. The van der Waals surface area contributed by atoms with Crippen LogP contribution in [-0.4, -0.2) is 13.7 Å². The molecule has 0 unspecified atom stereocenters. The summed E-state index contributed by atoms with van der Waals surface area (Å²) in [6.45, 7) is 2.75. The third kappa shape index (κ3) is 4.00. The van der Waals surface area contributed by atoms with Gasteiger partial charge in [0, 0.05) is 6.04 Å². The molecule has 1 rings (SSSR count). The van der Waals surface area contributed by atoms with Crippen LogP contribution in [0, 0.1) is 6.92 Å². The Morgan fingerprint density at radius 3 is 2.56 bits per heavy atom. The summed E-state index contributed by atoms with van der Waals surface area (Å²) >= 11 is 0. The van der Waals surface area contributed by atoms with Crippen molar-refractivity contribution >= 4 is 12.4 Å². The van der Waals surface area contributed by atoms with Crippen molar-refractivity contribution in [2.45, 2.75) is 25.8 Å². The Hall–Kier alpha value is -0.770. The average Bonchev–Trinajstić information content (AvgIpc) is 2.25. The minimum atomic E-state index is 0. The molecule has 3 nitrogen and oxygen atoms in total. The predicted octanol–water partition coefficient (Wildman–Crippen LogP) is 2.16. The van der Waals surface area contributed by atoms with Crippen LogP contribution in [0.25, 0.3) is 0 Å². The number of hydrogen-bond donors (Lipinski definition) is 2. The first-order valence-corrected chi connectivity index (χ1v) is 5.29. The molecule has 16 heavy (non-hydrogen) atoms. The number of nitrogens with two attached hydrogens (primary N) is 2. The molecule has 1 atom stereocenters. The molecule has 0 spiro atoms. The Balaban J connectivity index is 0.00000225. The van der Waals surface area contributed by atoms with E-state index in [0.29, 0.717) is 6.54 Å². The molecule has 0 bridgehead atoms. The van der Waals surface area contributed by atoms with E-state index in [-0.39, 0.29) is 18.4 Å². The minimum Gasteiger partial charge on any atom is -0.497 e. The van der Waals surface area contributed by atoms with Gasteiger partial charge in [0.05, 0.1) is 7.11 Å². The number of hydrogen-bond acceptors (Lipinski definition) is 3. The second-order valence-corrected chi connectivity index (χ2v) is 3.76. The minimum absolute atomic E-state index is 0. The van der Waals surface area contributed by atoms with Gasteiger partial charge in [-0.05, 0) is 49.6 Å². The normalized spacial score (nSPS) is 11.8. The molecule has 0 aliphatic rings. The van der Waals surface area contributed by atoms with Crippen LogP contribution < -0.4 is 16.2 Å². The van der Waals surface area contributed by atoms with Gasteiger partial charge in [-0.1, -0.05) is 6.07 Å². The quantitative estimate of drug-likeness (QED) is 0.835. The van der Waals surface area contributed by atoms with Crippen molar-refractivity contribution in [2.75, 3.05) is 13.7 Å². The number of rotatable bonds is 5. The summed E-state index contributed by atoms with van der Waals surface area (Å²) in [6, 6.07) is 6.08. The van der Waals surface area contributed by atoms with Crippen LogP contribution in [0.4, 0.5) is 0 Å². The maximum absolute atomic E-state index is 6.08. The Labute approximate surface area is 104 Å². The first-order chi connectivity index (χ1) is 7.19. The first kappa shape index (κ1) is 15.2. The zero-order chi connectivity index (χ0) is 11.3. The SMILES string of the molecule is COc1ccc([C@H](N)CCCN)c(C)c1.Cl. The molecule has 4 heteroatoms. The Morgan fingerprint density at radius 2 is 2.06 bits per heavy atom. The molecule has 0 aliphatic heterocycles. The van der Waals surface area contributed by atoms with Gasteiger partial charge in [0.25, 0.3) is 0 Å². The molecule has 1 aromatic rings. The number of halogens is 1. The summed E-state index contributed by atoms with van der Waals surface area (Å²) in [5.74, 6) is 0.877. The molecule has 1 aromatic carbocycles. The van der Waals surface area contributed by atoms with Gasteiger partial charge >= 0.3 is 0 Å². The van der Waals surface area contributed by atoms with E-state index in [2.05, 4.69) is 6.92 Å². The van der Waals surface area contributed by atoms with Crippen LogP contribution in [0.1, 0.15) is 30.0 Å². The van der Waals surface area contributed by atoms with Gasteiger partial charge in [0.2, 0.25) is 0 Å². The summed E-state index contributed by atoms with van der Waals surface area (Å²) in [4.78, 5) is 0. The first-order valence-electron chi connectivity index (χ1n) is 5.29. The van der Waals surface area contributed by atoms with E-state index in [1.54, 1.807) is 7.11 Å². The third-order valence-electron chi connectivity index (χ3n) is 2.60. The molecular formula is C12H21ClN2O. The highest BCUT2D eigenvalue weighted by Gasteiger charge is 2.08. The van der Waals surface area contributed by atoms with Crippen LogP contribution in [0.3, 0.4) is 0 Å².